The Kier molecular flexibility index (Phi) is 11.4. The van der Waals surface area contributed by atoms with Crippen LogP contribution in [0.5, 0.6) is 0 Å². The molecule has 3 aliphatic heterocycles. The molecule has 308 valence electrons. The minimum atomic E-state index is -3.90. The van der Waals surface area contributed by atoms with Crippen molar-refractivity contribution in [3.8, 4) is 0 Å². The predicted molar refractivity (Wildman–Crippen MR) is 203 cm³/mol. The van der Waals surface area contributed by atoms with Gasteiger partial charge in [-0.3, -0.25) is 28.8 Å². The number of fused-ring (bicyclic) bond motifs is 3. The van der Waals surface area contributed by atoms with Crippen LogP contribution < -0.4 is 20.7 Å². The van der Waals surface area contributed by atoms with E-state index >= 15 is 0 Å². The molecule has 4 bridgehead atoms. The van der Waals surface area contributed by atoms with Crippen LogP contribution in [0.1, 0.15) is 114 Å². The van der Waals surface area contributed by atoms with Gasteiger partial charge in [-0.15, -0.1) is 0 Å². The Labute approximate surface area is 328 Å². The van der Waals surface area contributed by atoms with Gasteiger partial charge in [-0.05, 0) is 66.0 Å². The molecule has 2 saturated carbocycles. The molecule has 3 heterocycles. The van der Waals surface area contributed by atoms with Gasteiger partial charge in [0.1, 0.15) is 23.7 Å². The van der Waals surface area contributed by atoms with Gasteiger partial charge in [0.15, 0.2) is 0 Å². The first-order valence-electron chi connectivity index (χ1n) is 19.7. The fourth-order valence-corrected chi connectivity index (χ4v) is 9.35. The average molecular weight is 801 g/mol. The number of carbonyl (C=O) groups excluding carboxylic acids is 6. The normalized spacial score (nSPS) is 28.8. The van der Waals surface area contributed by atoms with Crippen molar-refractivity contribution in [2.45, 2.75) is 135 Å². The number of benzene rings is 1. The van der Waals surface area contributed by atoms with E-state index in [2.05, 4.69) is 20.7 Å². The quantitative estimate of drug-likeness (QED) is 0.331. The first-order chi connectivity index (χ1) is 26.2. The molecule has 16 nitrogen and oxygen atoms in total. The Balaban J connectivity index is 1.28. The Morgan fingerprint density at radius 3 is 2.45 bits per heavy atom. The van der Waals surface area contributed by atoms with Crippen LogP contribution in [-0.2, 0) is 47.0 Å². The summed E-state index contributed by atoms with van der Waals surface area (Å²) in [6.07, 6.45) is 1.17. The van der Waals surface area contributed by atoms with Crippen LogP contribution in [0.15, 0.2) is 18.2 Å². The number of amides is 6. The molecule has 2 aliphatic carbocycles. The Morgan fingerprint density at radius 1 is 1.05 bits per heavy atom. The van der Waals surface area contributed by atoms with Crippen molar-refractivity contribution in [3.63, 3.8) is 0 Å². The van der Waals surface area contributed by atoms with Gasteiger partial charge in [0.2, 0.25) is 21.8 Å². The highest BCUT2D eigenvalue weighted by Gasteiger charge is 2.62. The zero-order valence-corrected chi connectivity index (χ0v) is 34.0. The van der Waals surface area contributed by atoms with E-state index in [1.165, 1.54) is 9.80 Å². The molecule has 6 amide bonds. The van der Waals surface area contributed by atoms with E-state index in [0.717, 1.165) is 12.0 Å². The van der Waals surface area contributed by atoms with Crippen molar-refractivity contribution in [2.24, 2.45) is 16.7 Å². The minimum Gasteiger partial charge on any atom is -0.449 e. The number of nitrogens with one attached hydrogen (secondary N) is 4. The van der Waals surface area contributed by atoms with Gasteiger partial charge in [0.25, 0.3) is 11.8 Å². The second-order valence-corrected chi connectivity index (χ2v) is 19.9. The molecule has 4 N–H and O–H groups in total. The third kappa shape index (κ3) is 8.92. The van der Waals surface area contributed by atoms with Crippen LogP contribution in [0.4, 0.5) is 9.59 Å². The summed E-state index contributed by atoms with van der Waals surface area (Å²) < 4.78 is 39.2. The van der Waals surface area contributed by atoms with Crippen LogP contribution in [0.3, 0.4) is 0 Å². The van der Waals surface area contributed by atoms with Gasteiger partial charge in [0.05, 0.1) is 24.9 Å². The summed E-state index contributed by atoms with van der Waals surface area (Å²) in [5.41, 5.74) is -0.772. The summed E-state index contributed by atoms with van der Waals surface area (Å²) in [6, 6.07) is 2.94. The van der Waals surface area contributed by atoms with E-state index < -0.39 is 79.7 Å². The van der Waals surface area contributed by atoms with Crippen molar-refractivity contribution in [1.82, 2.24) is 30.5 Å². The summed E-state index contributed by atoms with van der Waals surface area (Å²) in [7, 11) is -3.90. The fourth-order valence-electron chi connectivity index (χ4n) is 7.98. The van der Waals surface area contributed by atoms with Gasteiger partial charge in [-0.1, -0.05) is 66.5 Å². The van der Waals surface area contributed by atoms with Gasteiger partial charge in [-0.2, -0.15) is 0 Å². The van der Waals surface area contributed by atoms with Crippen molar-refractivity contribution in [2.75, 3.05) is 19.7 Å². The first-order valence-corrected chi connectivity index (χ1v) is 21.3. The number of ether oxygens (including phenoxy) is 2. The molecule has 56 heavy (non-hydrogen) atoms. The molecular weight excluding hydrogens is 745 g/mol. The molecule has 1 saturated heterocycles. The van der Waals surface area contributed by atoms with Gasteiger partial charge >= 0.3 is 12.2 Å². The SMILES string of the molecule is CC[C@H]1C[C@@]1(NC(=O)C1C[C@@H]2CN1C(=O)[C@H](C(C)(C)C)NC(=O)OCC(C)(C)CCCCNC(=O)c1cccc3c1CN(C3)C(=O)O2)C(=O)NS(=O)(=O)C1CC1. The molecule has 0 spiro atoms. The maximum absolute atomic E-state index is 14.6. The molecule has 1 aromatic carbocycles. The maximum Gasteiger partial charge on any atom is 0.410 e. The van der Waals surface area contributed by atoms with E-state index in [-0.39, 0.29) is 50.9 Å². The van der Waals surface area contributed by atoms with Crippen molar-refractivity contribution in [1.29, 1.82) is 0 Å². The second-order valence-electron chi connectivity index (χ2n) is 17.9. The van der Waals surface area contributed by atoms with E-state index in [1.807, 2.05) is 26.8 Å². The van der Waals surface area contributed by atoms with E-state index in [9.17, 15) is 37.2 Å². The van der Waals surface area contributed by atoms with E-state index in [1.54, 1.807) is 32.9 Å². The van der Waals surface area contributed by atoms with Crippen LogP contribution in [0.2, 0.25) is 0 Å². The number of sulfonamides is 1. The molecule has 0 radical (unpaired) electrons. The lowest BCUT2D eigenvalue weighted by molar-refractivity contribution is -0.143. The molecule has 0 aromatic heterocycles. The molecule has 1 aromatic rings. The van der Waals surface area contributed by atoms with Crippen LogP contribution in [-0.4, -0.2) is 103 Å². The summed E-state index contributed by atoms with van der Waals surface area (Å²) in [5, 5.41) is 7.86. The van der Waals surface area contributed by atoms with Crippen molar-refractivity contribution in [3.05, 3.63) is 34.9 Å². The average Bonchev–Trinajstić information content (AvgIpc) is 4.02. The number of hydrogen-bond acceptors (Lipinski definition) is 10. The highest BCUT2D eigenvalue weighted by atomic mass is 32.2. The zero-order chi connectivity index (χ0) is 40.8. The highest BCUT2D eigenvalue weighted by Crippen LogP contribution is 2.47. The highest BCUT2D eigenvalue weighted by molar-refractivity contribution is 7.91. The number of nitrogens with zero attached hydrogens (tertiary/aromatic N) is 2. The molecule has 5 atom stereocenters. The number of alkyl carbamates (subject to hydrolysis) is 1. The lowest BCUT2D eigenvalue weighted by atomic mass is 9.85. The molecular formula is C39H56N6O10S. The number of carbonyl (C=O) groups is 6. The maximum atomic E-state index is 14.6. The Bertz CT molecular complexity index is 1870. The Morgan fingerprint density at radius 2 is 1.79 bits per heavy atom. The van der Waals surface area contributed by atoms with Crippen LogP contribution in [0, 0.1) is 16.7 Å². The molecule has 5 aliphatic rings. The minimum absolute atomic E-state index is 0.0644. The number of hydrogen-bond donors (Lipinski definition) is 4. The van der Waals surface area contributed by atoms with Crippen molar-refractivity contribution >= 4 is 45.8 Å². The second kappa shape index (κ2) is 15.5. The van der Waals surface area contributed by atoms with Crippen molar-refractivity contribution < 1.29 is 46.7 Å². The molecule has 3 fully saturated rings. The summed E-state index contributed by atoms with van der Waals surface area (Å²) in [5.74, 6) is -2.73. The Hall–Kier alpha value is -4.41. The van der Waals surface area contributed by atoms with E-state index in [4.69, 9.17) is 9.47 Å². The summed E-state index contributed by atoms with van der Waals surface area (Å²) in [6.45, 7) is 11.7. The zero-order valence-electron chi connectivity index (χ0n) is 33.2. The summed E-state index contributed by atoms with van der Waals surface area (Å²) in [4.78, 5) is 85.3. The van der Waals surface area contributed by atoms with Crippen LogP contribution in [0.25, 0.3) is 0 Å². The van der Waals surface area contributed by atoms with Crippen LogP contribution >= 0.6 is 0 Å². The first kappa shape index (κ1) is 41.2. The summed E-state index contributed by atoms with van der Waals surface area (Å²) >= 11 is 0. The van der Waals surface area contributed by atoms with E-state index in [0.29, 0.717) is 49.8 Å². The standard InChI is InChI=1S/C39H56N6O10S/c1-7-24-18-39(24,34(49)43-56(52,53)26-13-14-26)42-32(47)29-17-25-20-45(29)33(48)30(37(2,3)4)41-35(50)54-22-38(5,6)15-8-9-16-40-31(46)27-12-10-11-23-19-44(21-28(23)27)36(51)55-25/h10-12,24-26,29-30H,7-9,13-22H2,1-6H3,(H,40,46)(H,41,50)(H,42,47)(H,43,49)/t24-,25+,29?,30+,39-/m0/s1. The molecule has 1 unspecified atom stereocenters. The number of rotatable bonds is 6. The fraction of sp³-hybridized carbons (Fsp3) is 0.692. The third-order valence-corrected chi connectivity index (χ3v) is 13.5. The van der Waals surface area contributed by atoms with Gasteiger partial charge < -0.3 is 30.3 Å². The molecule has 6 rings (SSSR count). The lowest BCUT2D eigenvalue weighted by Gasteiger charge is -2.35. The smallest absolute Gasteiger partial charge is 0.410 e. The largest absolute Gasteiger partial charge is 0.449 e. The lowest BCUT2D eigenvalue weighted by Crippen LogP contribution is -2.60. The monoisotopic (exact) mass is 800 g/mol. The third-order valence-electron chi connectivity index (χ3n) is 11.7. The molecule has 17 heteroatoms. The topological polar surface area (TPSA) is 210 Å². The number of cyclic esters (lactones) is 1. The van der Waals surface area contributed by atoms with Gasteiger partial charge in [0, 0.05) is 25.1 Å². The predicted octanol–water partition coefficient (Wildman–Crippen LogP) is 3.08. The van der Waals surface area contributed by atoms with Gasteiger partial charge in [-0.25, -0.2) is 18.0 Å².